The van der Waals surface area contributed by atoms with E-state index in [0.717, 1.165) is 14.4 Å². The first-order valence-electron chi connectivity index (χ1n) is 6.08. The molecule has 0 bridgehead atoms. The monoisotopic (exact) mass is 183 g/mol. The predicted molar refractivity (Wildman–Crippen MR) is 58.8 cm³/mol. The first-order valence-corrected chi connectivity index (χ1v) is 4.79. The molecule has 73 valence electrons. The van der Waals surface area contributed by atoms with Crippen LogP contribution >= 0.6 is 0 Å². The third-order valence-electron chi connectivity index (χ3n) is 2.39. The Morgan fingerprint density at radius 3 is 3.00 bits per heavy atom. The smallest absolute Gasteiger partial charge is 0.196 e. The van der Waals surface area contributed by atoms with Crippen molar-refractivity contribution in [1.29, 1.82) is 1.34 Å². The van der Waals surface area contributed by atoms with Crippen LogP contribution in [0.15, 0.2) is 4.99 Å². The second-order valence-electron chi connectivity index (χ2n) is 3.30. The Morgan fingerprint density at radius 2 is 2.31 bits per heavy atom. The highest BCUT2D eigenvalue weighted by atomic mass is 15.4. The summed E-state index contributed by atoms with van der Waals surface area (Å²) in [6.45, 7) is 4.73. The number of rotatable bonds is 0. The molecule has 0 unspecified atom stereocenters. The summed E-state index contributed by atoms with van der Waals surface area (Å²) in [7, 11) is 3.18. The van der Waals surface area contributed by atoms with Crippen molar-refractivity contribution in [2.45, 2.75) is 19.6 Å². The molecule has 0 aromatic heterocycles. The quantitative estimate of drug-likeness (QED) is 0.503. The van der Waals surface area contributed by atoms with Gasteiger partial charge in [0, 0.05) is 34.6 Å². The van der Waals surface area contributed by atoms with Gasteiger partial charge in [-0.05, 0) is 14.2 Å². The van der Waals surface area contributed by atoms with Gasteiger partial charge < -0.3 is 9.80 Å². The van der Waals surface area contributed by atoms with Crippen LogP contribution in [0.2, 0.25) is 6.80 Å². The Morgan fingerprint density at radius 1 is 1.54 bits per heavy atom. The van der Waals surface area contributed by atoms with Crippen LogP contribution in [0.5, 0.6) is 0 Å². The molecule has 0 aliphatic carbocycles. The molecule has 1 fully saturated rings. The fraction of sp³-hybridized carbons (Fsp3) is 0.889. The van der Waals surface area contributed by atoms with Crippen LogP contribution in [0.3, 0.4) is 0 Å². The van der Waals surface area contributed by atoms with E-state index in [4.69, 9.17) is 2.71 Å². The molecule has 0 aromatic carbocycles. The molecule has 0 aromatic rings. The lowest BCUT2D eigenvalue weighted by Gasteiger charge is -2.39. The molecule has 0 N–H and O–H groups in total. The van der Waals surface area contributed by atoms with E-state index < -0.39 is 0 Å². The minimum atomic E-state index is 0.111. The van der Waals surface area contributed by atoms with Crippen LogP contribution in [0, 0.1) is 0 Å². The second-order valence-corrected chi connectivity index (χ2v) is 3.30. The largest absolute Gasteiger partial charge is 0.346 e. The van der Waals surface area contributed by atoms with Crippen molar-refractivity contribution < 1.29 is 1.37 Å². The summed E-state index contributed by atoms with van der Waals surface area (Å²) in [5.41, 5.74) is 0. The van der Waals surface area contributed by atoms with Gasteiger partial charge in [0.1, 0.15) is 0 Å². The van der Waals surface area contributed by atoms with Gasteiger partial charge >= 0.3 is 0 Å². The topological polar surface area (TPSA) is 18.8 Å². The molecule has 2 aliphatic heterocycles. The zero-order valence-electron chi connectivity index (χ0n) is 10.4. The van der Waals surface area contributed by atoms with Crippen LogP contribution in [-0.4, -0.2) is 58.1 Å². The first kappa shape index (κ1) is 7.71. The highest BCUT2D eigenvalue weighted by Gasteiger charge is 2.22. The molecule has 0 spiro atoms. The van der Waals surface area contributed by atoms with Crippen molar-refractivity contribution in [3.05, 3.63) is 0 Å². The Bertz CT molecular complexity index is 212. The van der Waals surface area contributed by atoms with Gasteiger partial charge in [-0.25, -0.2) is 0 Å². The van der Waals surface area contributed by atoms with Crippen molar-refractivity contribution in [2.75, 3.05) is 33.2 Å². The maximum Gasteiger partial charge on any atom is 0.196 e. The molecule has 13 heavy (non-hydrogen) atoms. The van der Waals surface area contributed by atoms with Crippen molar-refractivity contribution in [3.8, 4) is 0 Å². The predicted octanol–water partition coefficient (Wildman–Crippen LogP) is 0.319. The number of hydrogen-bond acceptors (Lipinski definition) is 3. The Balaban J connectivity index is 0.000000245. The standard InChI is InChI=1S/C8H15N3.CH4B/c1-10-5-3-7-11-6-2-4-9-8(10)11;1-2/h2-7H2,1H3;2H,1H3/i;1T,2D. The minimum Gasteiger partial charge on any atom is -0.346 e. The fourth-order valence-electron chi connectivity index (χ4n) is 1.81. The number of nitrogens with zero attached hydrogens (tertiary/aromatic N) is 3. The normalized spacial score (nSPS) is 23.0. The lowest BCUT2D eigenvalue weighted by Crippen LogP contribution is -2.50. The van der Waals surface area contributed by atoms with E-state index in [1.165, 1.54) is 38.4 Å². The van der Waals surface area contributed by atoms with Crippen molar-refractivity contribution in [3.63, 3.8) is 0 Å². The summed E-state index contributed by atoms with van der Waals surface area (Å²) >= 11 is 0. The van der Waals surface area contributed by atoms with Gasteiger partial charge in [-0.15, -0.1) is 0 Å². The van der Waals surface area contributed by atoms with Gasteiger partial charge in [0.05, 0.1) is 7.81 Å². The summed E-state index contributed by atoms with van der Waals surface area (Å²) in [4.78, 5) is 9.16. The molecular formula is C9H19BN3. The third-order valence-corrected chi connectivity index (χ3v) is 2.39. The third kappa shape index (κ3) is 2.39. The molecule has 2 rings (SSSR count). The van der Waals surface area contributed by atoms with Gasteiger partial charge in [-0.1, -0.05) is 6.80 Å². The molecule has 0 atom stereocenters. The summed E-state index contributed by atoms with van der Waals surface area (Å²) in [6.07, 6.45) is 2.52. The Kier molecular flexibility index (Phi) is 3.05. The molecular weight excluding hydrogens is 161 g/mol. The van der Waals surface area contributed by atoms with Crippen molar-refractivity contribution in [1.82, 2.24) is 9.80 Å². The highest BCUT2D eigenvalue weighted by molar-refractivity contribution is 6.05. The fourth-order valence-corrected chi connectivity index (χ4v) is 1.81. The average Bonchev–Trinajstić information content (AvgIpc) is 2.30. The zero-order valence-corrected chi connectivity index (χ0v) is 8.37. The SMILES string of the molecule is CN1CCCN2CCCN=C12.[2H][B]C[3H]. The number of guanidine groups is 1. The molecule has 0 amide bonds. The molecule has 0 saturated carbocycles. The van der Waals surface area contributed by atoms with E-state index in [1.54, 1.807) is 0 Å². The Hall–Kier alpha value is -0.665. The lowest BCUT2D eigenvalue weighted by molar-refractivity contribution is 0.269. The number of fused-ring (bicyclic) bond motifs is 1. The molecule has 4 heteroatoms. The number of aliphatic imine (C=N–C) groups is 1. The van der Waals surface area contributed by atoms with Crippen LogP contribution in [0.1, 0.15) is 14.2 Å². The Labute approximate surface area is 85.0 Å². The van der Waals surface area contributed by atoms with Gasteiger partial charge in [-0.3, -0.25) is 4.99 Å². The summed E-state index contributed by atoms with van der Waals surface area (Å²) in [5, 5.41) is 0. The maximum absolute atomic E-state index is 6.21. The average molecular weight is 183 g/mol. The van der Waals surface area contributed by atoms with Crippen LogP contribution in [-0.2, 0) is 0 Å². The van der Waals surface area contributed by atoms with Crippen LogP contribution < -0.4 is 0 Å². The zero-order chi connectivity index (χ0) is 11.1. The molecule has 2 heterocycles. The minimum absolute atomic E-state index is 0.111. The molecule has 1 saturated heterocycles. The summed E-state index contributed by atoms with van der Waals surface area (Å²) < 4.78 is 12.3. The van der Waals surface area contributed by atoms with Crippen molar-refractivity contribution in [2.24, 2.45) is 4.99 Å². The van der Waals surface area contributed by atoms with E-state index >= 15 is 0 Å². The lowest BCUT2D eigenvalue weighted by atomic mass is 10.2. The summed E-state index contributed by atoms with van der Waals surface area (Å²) in [5.74, 6) is 1.22. The maximum atomic E-state index is 6.21. The highest BCUT2D eigenvalue weighted by Crippen LogP contribution is 2.11. The van der Waals surface area contributed by atoms with E-state index in [9.17, 15) is 0 Å². The summed E-state index contributed by atoms with van der Waals surface area (Å²) in [6, 6.07) is 0. The van der Waals surface area contributed by atoms with Crippen LogP contribution in [0.25, 0.3) is 0 Å². The van der Waals surface area contributed by atoms with Gasteiger partial charge in [0.2, 0.25) is 0 Å². The van der Waals surface area contributed by atoms with E-state index in [1.807, 2.05) is 0 Å². The van der Waals surface area contributed by atoms with Crippen molar-refractivity contribution >= 4 is 13.8 Å². The number of hydrogen-bond donors (Lipinski definition) is 0. The van der Waals surface area contributed by atoms with Gasteiger partial charge in [0.15, 0.2) is 5.96 Å². The van der Waals surface area contributed by atoms with E-state index in [0.29, 0.717) is 0 Å². The van der Waals surface area contributed by atoms with Gasteiger partial charge in [0.25, 0.3) is 0 Å². The second kappa shape index (κ2) is 5.15. The van der Waals surface area contributed by atoms with E-state index in [-0.39, 0.29) is 6.80 Å². The molecule has 3 nitrogen and oxygen atoms in total. The molecule has 1 radical (unpaired) electrons. The van der Waals surface area contributed by atoms with Gasteiger partial charge in [-0.2, -0.15) is 0 Å². The first-order chi connectivity index (χ1) is 7.29. The van der Waals surface area contributed by atoms with Crippen LogP contribution in [0.4, 0.5) is 0 Å². The van der Waals surface area contributed by atoms with E-state index in [2.05, 4.69) is 21.8 Å². The molecule has 2 aliphatic rings.